The van der Waals surface area contributed by atoms with Crippen LogP contribution in [0, 0.1) is 0 Å². The first kappa shape index (κ1) is 13.3. The molecule has 20 heavy (non-hydrogen) atoms. The van der Waals surface area contributed by atoms with Gasteiger partial charge in [0.05, 0.1) is 12.2 Å². The second-order valence-corrected chi connectivity index (χ2v) is 5.51. The van der Waals surface area contributed by atoms with E-state index in [0.29, 0.717) is 33.4 Å². The van der Waals surface area contributed by atoms with Gasteiger partial charge in [0, 0.05) is 11.2 Å². The summed E-state index contributed by atoms with van der Waals surface area (Å²) < 4.78 is 7.87. The number of anilines is 1. The average Bonchev–Trinajstić information content (AvgIpc) is 2.98. The fourth-order valence-corrected chi connectivity index (χ4v) is 2.45. The molecule has 3 aromatic rings. The molecule has 0 saturated heterocycles. The molecule has 0 fully saturated rings. The van der Waals surface area contributed by atoms with Crippen LogP contribution >= 0.6 is 27.5 Å². The standard InChI is InChI=1S/C14H11BrClN3O/c15-13-6-5-12(20-13)14-11(17)8-19(18-14)7-9-3-1-2-4-10(9)16/h1-6,8H,7,17H2. The monoisotopic (exact) mass is 351 g/mol. The molecule has 102 valence electrons. The van der Waals surface area contributed by atoms with Crippen molar-refractivity contribution in [1.82, 2.24) is 9.78 Å². The molecule has 0 radical (unpaired) electrons. The van der Waals surface area contributed by atoms with Gasteiger partial charge in [-0.3, -0.25) is 4.68 Å². The molecular formula is C14H11BrClN3O. The third-order valence-electron chi connectivity index (χ3n) is 2.89. The van der Waals surface area contributed by atoms with Gasteiger partial charge < -0.3 is 10.2 Å². The zero-order chi connectivity index (χ0) is 14.1. The van der Waals surface area contributed by atoms with Crippen molar-refractivity contribution in [2.45, 2.75) is 6.54 Å². The van der Waals surface area contributed by atoms with E-state index in [1.54, 1.807) is 10.9 Å². The predicted octanol–water partition coefficient (Wildman–Crippen LogP) is 4.19. The van der Waals surface area contributed by atoms with E-state index in [1.807, 2.05) is 36.4 Å². The molecule has 0 amide bonds. The zero-order valence-corrected chi connectivity index (χ0v) is 12.7. The Morgan fingerprint density at radius 2 is 2.05 bits per heavy atom. The molecule has 4 nitrogen and oxygen atoms in total. The smallest absolute Gasteiger partial charge is 0.169 e. The van der Waals surface area contributed by atoms with Gasteiger partial charge in [0.2, 0.25) is 0 Å². The molecule has 0 aliphatic rings. The van der Waals surface area contributed by atoms with E-state index in [4.69, 9.17) is 21.8 Å². The molecule has 0 spiro atoms. The van der Waals surface area contributed by atoms with Crippen LogP contribution in [0.1, 0.15) is 5.56 Å². The number of rotatable bonds is 3. The molecule has 0 aliphatic carbocycles. The molecule has 0 aliphatic heterocycles. The third-order valence-corrected chi connectivity index (χ3v) is 3.68. The van der Waals surface area contributed by atoms with Crippen molar-refractivity contribution < 1.29 is 4.42 Å². The maximum Gasteiger partial charge on any atom is 0.169 e. The van der Waals surface area contributed by atoms with Crippen molar-refractivity contribution in [2.75, 3.05) is 5.73 Å². The maximum absolute atomic E-state index is 6.14. The van der Waals surface area contributed by atoms with Gasteiger partial charge in [0.1, 0.15) is 0 Å². The lowest BCUT2D eigenvalue weighted by Crippen LogP contribution is -2.00. The summed E-state index contributed by atoms with van der Waals surface area (Å²) in [6.45, 7) is 0.561. The van der Waals surface area contributed by atoms with Crippen LogP contribution in [0.5, 0.6) is 0 Å². The van der Waals surface area contributed by atoms with Gasteiger partial charge >= 0.3 is 0 Å². The lowest BCUT2D eigenvalue weighted by molar-refractivity contribution is 0.551. The van der Waals surface area contributed by atoms with Gasteiger partial charge in [-0.05, 0) is 39.7 Å². The summed E-state index contributed by atoms with van der Waals surface area (Å²) in [4.78, 5) is 0. The lowest BCUT2D eigenvalue weighted by Gasteiger charge is -2.03. The zero-order valence-electron chi connectivity index (χ0n) is 10.4. The molecule has 2 aromatic heterocycles. The Balaban J connectivity index is 1.91. The van der Waals surface area contributed by atoms with Crippen molar-refractivity contribution in [2.24, 2.45) is 0 Å². The Kier molecular flexibility index (Phi) is 3.54. The van der Waals surface area contributed by atoms with Crippen LogP contribution in [-0.2, 0) is 6.54 Å². The quantitative estimate of drug-likeness (QED) is 0.769. The molecule has 0 bridgehead atoms. The molecule has 3 rings (SSSR count). The van der Waals surface area contributed by atoms with E-state index in [2.05, 4.69) is 21.0 Å². The minimum atomic E-state index is 0.561. The number of nitrogens with two attached hydrogens (primary N) is 1. The first-order chi connectivity index (χ1) is 9.63. The molecule has 0 saturated carbocycles. The highest BCUT2D eigenvalue weighted by Crippen LogP contribution is 2.28. The Morgan fingerprint density at radius 3 is 2.75 bits per heavy atom. The SMILES string of the molecule is Nc1cn(Cc2ccccc2Cl)nc1-c1ccc(Br)o1. The number of nitrogens with zero attached hydrogens (tertiary/aromatic N) is 2. The highest BCUT2D eigenvalue weighted by molar-refractivity contribution is 9.10. The van der Waals surface area contributed by atoms with Crippen molar-refractivity contribution >= 4 is 33.2 Å². The molecule has 2 N–H and O–H groups in total. The topological polar surface area (TPSA) is 57.0 Å². The first-order valence-corrected chi connectivity index (χ1v) is 7.12. The van der Waals surface area contributed by atoms with Crippen LogP contribution in [0.4, 0.5) is 5.69 Å². The summed E-state index contributed by atoms with van der Waals surface area (Å²) in [5.74, 6) is 0.632. The number of hydrogen-bond acceptors (Lipinski definition) is 3. The van der Waals surface area contributed by atoms with E-state index in [1.165, 1.54) is 0 Å². The van der Waals surface area contributed by atoms with Crippen LogP contribution in [0.25, 0.3) is 11.5 Å². The fraction of sp³-hybridized carbons (Fsp3) is 0.0714. The average molecular weight is 353 g/mol. The summed E-state index contributed by atoms with van der Waals surface area (Å²) >= 11 is 9.41. The number of halogens is 2. The van der Waals surface area contributed by atoms with E-state index in [9.17, 15) is 0 Å². The summed E-state index contributed by atoms with van der Waals surface area (Å²) in [5, 5.41) is 5.16. The van der Waals surface area contributed by atoms with Crippen molar-refractivity contribution in [3.05, 3.63) is 57.9 Å². The second kappa shape index (κ2) is 5.34. The van der Waals surface area contributed by atoms with Crippen LogP contribution in [0.15, 0.2) is 51.7 Å². The minimum Gasteiger partial charge on any atom is -0.448 e. The van der Waals surface area contributed by atoms with Gasteiger partial charge in [0.25, 0.3) is 0 Å². The normalized spacial score (nSPS) is 10.9. The summed E-state index contributed by atoms with van der Waals surface area (Å²) in [6.07, 6.45) is 1.77. The Labute approximate surface area is 129 Å². The number of nitrogen functional groups attached to an aromatic ring is 1. The summed E-state index contributed by atoms with van der Waals surface area (Å²) in [5.41, 5.74) is 8.17. The number of aromatic nitrogens is 2. The summed E-state index contributed by atoms with van der Waals surface area (Å²) in [7, 11) is 0. The van der Waals surface area contributed by atoms with E-state index in [-0.39, 0.29) is 0 Å². The van der Waals surface area contributed by atoms with Crippen LogP contribution in [-0.4, -0.2) is 9.78 Å². The Morgan fingerprint density at radius 1 is 1.25 bits per heavy atom. The third kappa shape index (κ3) is 2.59. The van der Waals surface area contributed by atoms with Gasteiger partial charge in [-0.15, -0.1) is 0 Å². The van der Waals surface area contributed by atoms with E-state index >= 15 is 0 Å². The predicted molar refractivity (Wildman–Crippen MR) is 82.6 cm³/mol. The number of furan rings is 1. The Hall–Kier alpha value is -1.72. The van der Waals surface area contributed by atoms with Crippen molar-refractivity contribution in [3.63, 3.8) is 0 Å². The van der Waals surface area contributed by atoms with E-state index in [0.717, 1.165) is 5.56 Å². The minimum absolute atomic E-state index is 0.561. The van der Waals surface area contributed by atoms with Crippen LogP contribution in [0.2, 0.25) is 5.02 Å². The van der Waals surface area contributed by atoms with Gasteiger partial charge in [-0.1, -0.05) is 29.8 Å². The van der Waals surface area contributed by atoms with Crippen molar-refractivity contribution in [3.8, 4) is 11.5 Å². The number of hydrogen-bond donors (Lipinski definition) is 1. The lowest BCUT2D eigenvalue weighted by atomic mass is 10.2. The Bertz CT molecular complexity index is 750. The molecule has 1 aromatic carbocycles. The molecule has 0 atom stereocenters. The maximum atomic E-state index is 6.14. The van der Waals surface area contributed by atoms with Crippen molar-refractivity contribution in [1.29, 1.82) is 0 Å². The second-order valence-electron chi connectivity index (χ2n) is 4.33. The molecule has 6 heteroatoms. The largest absolute Gasteiger partial charge is 0.448 e. The highest BCUT2D eigenvalue weighted by atomic mass is 79.9. The summed E-state index contributed by atoms with van der Waals surface area (Å²) in [6, 6.07) is 11.3. The first-order valence-electron chi connectivity index (χ1n) is 5.95. The van der Waals surface area contributed by atoms with Gasteiger partial charge in [0.15, 0.2) is 16.1 Å². The molecule has 2 heterocycles. The highest BCUT2D eigenvalue weighted by Gasteiger charge is 2.13. The molecule has 0 unspecified atom stereocenters. The van der Waals surface area contributed by atoms with E-state index < -0.39 is 0 Å². The molecular weight excluding hydrogens is 342 g/mol. The van der Waals surface area contributed by atoms with Gasteiger partial charge in [-0.25, -0.2) is 0 Å². The van der Waals surface area contributed by atoms with Gasteiger partial charge in [-0.2, -0.15) is 5.10 Å². The van der Waals surface area contributed by atoms with Crippen LogP contribution in [0.3, 0.4) is 0 Å². The number of benzene rings is 1. The fourth-order valence-electron chi connectivity index (χ4n) is 1.95. The van der Waals surface area contributed by atoms with Crippen LogP contribution < -0.4 is 5.73 Å².